The van der Waals surface area contributed by atoms with E-state index in [1.807, 2.05) is 30.3 Å². The zero-order valence-corrected chi connectivity index (χ0v) is 20.8. The first-order valence-electron chi connectivity index (χ1n) is 11.7. The average Bonchev–Trinajstić information content (AvgIpc) is 3.35. The lowest BCUT2D eigenvalue weighted by atomic mass is 9.93. The quantitative estimate of drug-likeness (QED) is 0.425. The van der Waals surface area contributed by atoms with Gasteiger partial charge in [-0.2, -0.15) is 0 Å². The molecule has 2 N–H and O–H groups in total. The largest absolute Gasteiger partial charge is 0.497 e. The summed E-state index contributed by atoms with van der Waals surface area (Å²) in [6, 6.07) is 20.5. The van der Waals surface area contributed by atoms with Crippen LogP contribution >= 0.6 is 23.2 Å². The van der Waals surface area contributed by atoms with Crippen LogP contribution in [0.3, 0.4) is 0 Å². The van der Waals surface area contributed by atoms with Gasteiger partial charge >= 0.3 is 0 Å². The van der Waals surface area contributed by atoms with E-state index < -0.39 is 0 Å². The van der Waals surface area contributed by atoms with Crippen molar-refractivity contribution in [3.8, 4) is 5.75 Å². The number of nitrogens with zero attached hydrogens (tertiary/aromatic N) is 2. The zero-order chi connectivity index (χ0) is 23.7. The molecule has 1 atom stereocenters. The smallest absolute Gasteiger partial charge is 0.119 e. The predicted octanol–water partition coefficient (Wildman–Crippen LogP) is 6.51. The van der Waals surface area contributed by atoms with E-state index in [1.165, 1.54) is 18.4 Å². The molecule has 5 rings (SSSR count). The van der Waals surface area contributed by atoms with E-state index in [0.29, 0.717) is 11.6 Å². The highest BCUT2D eigenvalue weighted by molar-refractivity contribution is 6.31. The van der Waals surface area contributed by atoms with Gasteiger partial charge in [-0.15, -0.1) is 0 Å². The first kappa shape index (κ1) is 23.1. The Labute approximate surface area is 211 Å². The number of likely N-dealkylation sites (tertiary alicyclic amines) is 1. The maximum Gasteiger partial charge on any atom is 0.119 e. The van der Waals surface area contributed by atoms with Crippen LogP contribution in [-0.2, 0) is 6.54 Å². The molecule has 176 valence electrons. The molecule has 0 spiro atoms. The van der Waals surface area contributed by atoms with Crippen molar-refractivity contribution in [3.63, 3.8) is 0 Å². The van der Waals surface area contributed by atoms with Gasteiger partial charge in [-0.05, 0) is 85.1 Å². The highest BCUT2D eigenvalue weighted by atomic mass is 35.5. The van der Waals surface area contributed by atoms with Crippen molar-refractivity contribution < 1.29 is 4.74 Å². The predicted molar refractivity (Wildman–Crippen MR) is 142 cm³/mol. The van der Waals surface area contributed by atoms with Crippen molar-refractivity contribution >= 4 is 34.6 Å². The van der Waals surface area contributed by atoms with Crippen LogP contribution in [0.25, 0.3) is 5.70 Å². The average molecular weight is 494 g/mol. The molecule has 3 aromatic rings. The third-order valence-corrected chi connectivity index (χ3v) is 7.38. The maximum absolute atomic E-state index is 6.85. The number of benzene rings is 3. The molecular formula is C28H29Cl2N3O. The Morgan fingerprint density at radius 1 is 0.971 bits per heavy atom. The van der Waals surface area contributed by atoms with E-state index in [4.69, 9.17) is 33.7 Å². The zero-order valence-electron chi connectivity index (χ0n) is 19.3. The van der Waals surface area contributed by atoms with Gasteiger partial charge < -0.3 is 15.4 Å². The minimum absolute atomic E-state index is 0.0754. The first-order chi connectivity index (χ1) is 16.5. The second-order valence-corrected chi connectivity index (χ2v) is 9.83. The minimum Gasteiger partial charge on any atom is -0.497 e. The van der Waals surface area contributed by atoms with Crippen molar-refractivity contribution in [2.75, 3.05) is 31.6 Å². The molecular weight excluding hydrogens is 465 g/mol. The Morgan fingerprint density at radius 2 is 1.76 bits per heavy atom. The van der Waals surface area contributed by atoms with E-state index in [2.05, 4.69) is 46.2 Å². The molecule has 0 saturated carbocycles. The molecule has 1 fully saturated rings. The number of anilines is 1. The molecule has 1 saturated heterocycles. The van der Waals surface area contributed by atoms with Gasteiger partial charge in [0.15, 0.2) is 0 Å². The van der Waals surface area contributed by atoms with E-state index in [9.17, 15) is 0 Å². The highest BCUT2D eigenvalue weighted by Crippen LogP contribution is 2.41. The van der Waals surface area contributed by atoms with Crippen molar-refractivity contribution in [2.45, 2.75) is 25.4 Å². The molecule has 2 aliphatic heterocycles. The molecule has 6 heteroatoms. The number of hydrogen-bond acceptors (Lipinski definition) is 4. The lowest BCUT2D eigenvalue weighted by Gasteiger charge is -2.38. The van der Waals surface area contributed by atoms with Crippen molar-refractivity contribution in [3.05, 3.63) is 99.0 Å². The van der Waals surface area contributed by atoms with Crippen molar-refractivity contribution in [2.24, 2.45) is 5.73 Å². The van der Waals surface area contributed by atoms with Gasteiger partial charge in [0, 0.05) is 40.1 Å². The molecule has 2 heterocycles. The van der Waals surface area contributed by atoms with Crippen LogP contribution in [0.1, 0.15) is 41.1 Å². The van der Waals surface area contributed by atoms with E-state index in [1.54, 1.807) is 7.11 Å². The number of nitrogens with two attached hydrogens (primary N) is 1. The third kappa shape index (κ3) is 4.63. The Hall–Kier alpha value is -2.66. The van der Waals surface area contributed by atoms with Gasteiger partial charge in [-0.25, -0.2) is 0 Å². The Bertz CT molecular complexity index is 1220. The molecule has 0 amide bonds. The molecule has 0 radical (unpaired) electrons. The lowest BCUT2D eigenvalue weighted by molar-refractivity contribution is 0.331. The summed E-state index contributed by atoms with van der Waals surface area (Å²) < 4.78 is 5.45. The van der Waals surface area contributed by atoms with Crippen LogP contribution in [0.5, 0.6) is 5.75 Å². The number of halogens is 2. The SMILES string of the molecule is COc1ccc2c(c1)C(N)=CCN2C(c1cccc(Cl)c1)c1ccc(CN2CCCC2)c(Cl)c1. The van der Waals surface area contributed by atoms with Gasteiger partial charge in [0.2, 0.25) is 0 Å². The van der Waals surface area contributed by atoms with Crippen LogP contribution in [0, 0.1) is 0 Å². The fourth-order valence-electron chi connectivity index (χ4n) is 5.05. The molecule has 34 heavy (non-hydrogen) atoms. The molecule has 4 nitrogen and oxygen atoms in total. The van der Waals surface area contributed by atoms with Crippen LogP contribution in [0.2, 0.25) is 10.0 Å². The van der Waals surface area contributed by atoms with Crippen LogP contribution in [0.4, 0.5) is 5.69 Å². The number of methoxy groups -OCH3 is 1. The fourth-order valence-corrected chi connectivity index (χ4v) is 5.49. The summed E-state index contributed by atoms with van der Waals surface area (Å²) in [5.41, 5.74) is 12.6. The summed E-state index contributed by atoms with van der Waals surface area (Å²) in [6.07, 6.45) is 4.59. The van der Waals surface area contributed by atoms with Gasteiger partial charge in [-0.3, -0.25) is 4.90 Å². The fraction of sp³-hybridized carbons (Fsp3) is 0.286. The summed E-state index contributed by atoms with van der Waals surface area (Å²) in [5, 5.41) is 1.51. The lowest BCUT2D eigenvalue weighted by Crippen LogP contribution is -2.33. The monoisotopic (exact) mass is 493 g/mol. The summed E-state index contributed by atoms with van der Waals surface area (Å²) in [6.45, 7) is 3.86. The number of ether oxygens (including phenoxy) is 1. The second kappa shape index (κ2) is 9.91. The minimum atomic E-state index is -0.0754. The number of fused-ring (bicyclic) bond motifs is 1. The van der Waals surface area contributed by atoms with E-state index in [-0.39, 0.29) is 6.04 Å². The van der Waals surface area contributed by atoms with Crippen LogP contribution in [-0.4, -0.2) is 31.6 Å². The van der Waals surface area contributed by atoms with E-state index in [0.717, 1.165) is 58.5 Å². The van der Waals surface area contributed by atoms with Gasteiger partial charge in [0.1, 0.15) is 5.75 Å². The summed E-state index contributed by atoms with van der Waals surface area (Å²) in [4.78, 5) is 4.82. The molecule has 2 aliphatic rings. The summed E-state index contributed by atoms with van der Waals surface area (Å²) in [5.74, 6) is 0.783. The molecule has 3 aromatic carbocycles. The van der Waals surface area contributed by atoms with Gasteiger partial charge in [-0.1, -0.05) is 47.5 Å². The highest BCUT2D eigenvalue weighted by Gasteiger charge is 2.28. The number of hydrogen-bond donors (Lipinski definition) is 1. The van der Waals surface area contributed by atoms with Crippen molar-refractivity contribution in [1.82, 2.24) is 4.90 Å². The number of rotatable bonds is 6. The summed E-state index contributed by atoms with van der Waals surface area (Å²) in [7, 11) is 1.67. The van der Waals surface area contributed by atoms with Crippen molar-refractivity contribution in [1.29, 1.82) is 0 Å². The first-order valence-corrected chi connectivity index (χ1v) is 12.5. The molecule has 0 bridgehead atoms. The second-order valence-electron chi connectivity index (χ2n) is 8.99. The van der Waals surface area contributed by atoms with E-state index >= 15 is 0 Å². The van der Waals surface area contributed by atoms with Gasteiger partial charge in [0.25, 0.3) is 0 Å². The molecule has 1 unspecified atom stereocenters. The molecule has 0 aliphatic carbocycles. The summed E-state index contributed by atoms with van der Waals surface area (Å²) >= 11 is 13.3. The van der Waals surface area contributed by atoms with Gasteiger partial charge in [0.05, 0.1) is 13.2 Å². The Morgan fingerprint density at radius 3 is 2.50 bits per heavy atom. The van der Waals surface area contributed by atoms with Crippen LogP contribution in [0.15, 0.2) is 66.7 Å². The molecule has 0 aromatic heterocycles. The normalized spacial score (nSPS) is 16.8. The third-order valence-electron chi connectivity index (χ3n) is 6.79. The Kier molecular flexibility index (Phi) is 6.73. The maximum atomic E-state index is 6.85. The topological polar surface area (TPSA) is 41.7 Å². The van der Waals surface area contributed by atoms with Crippen LogP contribution < -0.4 is 15.4 Å². The standard InChI is InChI=1S/C28H29Cl2N3O/c1-34-23-9-10-27-24(17-23)26(31)11-14-33(27)28(19-5-4-6-22(29)15-19)20-7-8-21(25(30)16-20)18-32-12-2-3-13-32/h4-11,15-17,28H,2-3,12-14,18,31H2,1H3. The Balaban J connectivity index is 1.57.